The first kappa shape index (κ1) is 13.6. The van der Waals surface area contributed by atoms with E-state index in [0.29, 0.717) is 6.04 Å². The number of hydrogen-bond donors (Lipinski definition) is 1. The molecule has 0 bridgehead atoms. The Hall–Kier alpha value is -0.800. The van der Waals surface area contributed by atoms with Crippen LogP contribution < -0.4 is 5.32 Å². The van der Waals surface area contributed by atoms with Crippen LogP contribution in [0.2, 0.25) is 0 Å². The van der Waals surface area contributed by atoms with Crippen molar-refractivity contribution in [1.29, 1.82) is 0 Å². The van der Waals surface area contributed by atoms with Gasteiger partial charge in [0, 0.05) is 13.2 Å². The van der Waals surface area contributed by atoms with Gasteiger partial charge in [-0.05, 0) is 56.7 Å². The van der Waals surface area contributed by atoms with Crippen molar-refractivity contribution in [1.82, 2.24) is 5.32 Å². The average Bonchev–Trinajstić information content (AvgIpc) is 2.83. The van der Waals surface area contributed by atoms with E-state index in [0.717, 1.165) is 19.4 Å². The highest BCUT2D eigenvalue weighted by Crippen LogP contribution is 2.39. The van der Waals surface area contributed by atoms with Gasteiger partial charge in [-0.1, -0.05) is 6.92 Å². The molecule has 0 aromatic carbocycles. The second-order valence-electron chi connectivity index (χ2n) is 5.43. The Morgan fingerprint density at radius 1 is 1.50 bits per heavy atom. The van der Waals surface area contributed by atoms with Gasteiger partial charge in [-0.25, -0.2) is 0 Å². The van der Waals surface area contributed by atoms with Crippen LogP contribution in [0, 0.1) is 0 Å². The van der Waals surface area contributed by atoms with E-state index in [1.54, 1.807) is 6.26 Å². The lowest BCUT2D eigenvalue weighted by Gasteiger charge is -2.43. The lowest BCUT2D eigenvalue weighted by atomic mass is 9.75. The van der Waals surface area contributed by atoms with Crippen LogP contribution in [-0.2, 0) is 11.2 Å². The monoisotopic (exact) mass is 251 g/mol. The highest BCUT2D eigenvalue weighted by molar-refractivity contribution is 5.08. The van der Waals surface area contributed by atoms with Crippen molar-refractivity contribution < 1.29 is 9.15 Å². The van der Waals surface area contributed by atoms with E-state index in [2.05, 4.69) is 18.3 Å². The molecule has 102 valence electrons. The van der Waals surface area contributed by atoms with Gasteiger partial charge >= 0.3 is 0 Å². The van der Waals surface area contributed by atoms with E-state index in [-0.39, 0.29) is 5.60 Å². The number of nitrogens with one attached hydrogen (secondary N) is 1. The second-order valence-corrected chi connectivity index (χ2v) is 5.43. The average molecular weight is 251 g/mol. The Balaban J connectivity index is 1.91. The molecule has 3 nitrogen and oxygen atoms in total. The molecule has 0 radical (unpaired) electrons. The standard InChI is InChI=1S/C15H25NO2/c1-3-8-16-14(10-13-5-9-18-12-13)11-15(17-2)6-4-7-15/h5,9,12,14,16H,3-4,6-8,10-11H2,1-2H3. The lowest BCUT2D eigenvalue weighted by molar-refractivity contribution is -0.0834. The first-order valence-corrected chi connectivity index (χ1v) is 7.07. The molecule has 3 heteroatoms. The first-order valence-electron chi connectivity index (χ1n) is 7.07. The molecule has 1 atom stereocenters. The maximum absolute atomic E-state index is 5.74. The van der Waals surface area contributed by atoms with Crippen LogP contribution in [0.15, 0.2) is 23.0 Å². The molecule has 0 aliphatic heterocycles. The van der Waals surface area contributed by atoms with Crippen LogP contribution in [-0.4, -0.2) is 25.3 Å². The van der Waals surface area contributed by atoms with Gasteiger partial charge in [-0.15, -0.1) is 0 Å². The van der Waals surface area contributed by atoms with E-state index in [1.165, 1.54) is 31.2 Å². The fourth-order valence-corrected chi connectivity index (χ4v) is 2.77. The summed E-state index contributed by atoms with van der Waals surface area (Å²) in [5, 5.41) is 3.64. The molecule has 1 heterocycles. The third-order valence-corrected chi connectivity index (χ3v) is 4.06. The van der Waals surface area contributed by atoms with Gasteiger partial charge in [0.1, 0.15) is 0 Å². The summed E-state index contributed by atoms with van der Waals surface area (Å²) in [6.45, 7) is 3.28. The molecule has 1 aliphatic carbocycles. The minimum absolute atomic E-state index is 0.134. The van der Waals surface area contributed by atoms with Gasteiger partial charge in [0.25, 0.3) is 0 Å². The second kappa shape index (κ2) is 6.39. The summed E-state index contributed by atoms with van der Waals surface area (Å²) in [6, 6.07) is 2.55. The van der Waals surface area contributed by atoms with Crippen LogP contribution in [0.3, 0.4) is 0 Å². The van der Waals surface area contributed by atoms with Crippen molar-refractivity contribution in [3.05, 3.63) is 24.2 Å². The van der Waals surface area contributed by atoms with Gasteiger partial charge in [0.05, 0.1) is 18.1 Å². The van der Waals surface area contributed by atoms with Crippen molar-refractivity contribution in [2.45, 2.75) is 57.1 Å². The fourth-order valence-electron chi connectivity index (χ4n) is 2.77. The van der Waals surface area contributed by atoms with Gasteiger partial charge in [-0.2, -0.15) is 0 Å². The Labute approximate surface area is 110 Å². The maximum Gasteiger partial charge on any atom is 0.0935 e. The lowest BCUT2D eigenvalue weighted by Crippen LogP contribution is -2.46. The molecule has 1 unspecified atom stereocenters. The summed E-state index contributed by atoms with van der Waals surface area (Å²) < 4.78 is 10.9. The maximum atomic E-state index is 5.74. The Bertz CT molecular complexity index is 325. The summed E-state index contributed by atoms with van der Waals surface area (Å²) in [5.74, 6) is 0. The molecule has 1 aromatic rings. The summed E-state index contributed by atoms with van der Waals surface area (Å²) >= 11 is 0. The van der Waals surface area contributed by atoms with Crippen LogP contribution in [0.1, 0.15) is 44.6 Å². The Morgan fingerprint density at radius 2 is 2.33 bits per heavy atom. The molecular weight excluding hydrogens is 226 g/mol. The van der Waals surface area contributed by atoms with E-state index >= 15 is 0 Å². The van der Waals surface area contributed by atoms with E-state index < -0.39 is 0 Å². The third-order valence-electron chi connectivity index (χ3n) is 4.06. The van der Waals surface area contributed by atoms with Crippen LogP contribution in [0.25, 0.3) is 0 Å². The molecule has 1 N–H and O–H groups in total. The minimum atomic E-state index is 0.134. The topological polar surface area (TPSA) is 34.4 Å². The molecule has 2 rings (SSSR count). The highest BCUT2D eigenvalue weighted by Gasteiger charge is 2.38. The third kappa shape index (κ3) is 3.36. The van der Waals surface area contributed by atoms with Gasteiger partial charge in [0.2, 0.25) is 0 Å². The normalized spacial score (nSPS) is 19.4. The zero-order valence-electron chi connectivity index (χ0n) is 11.6. The first-order chi connectivity index (χ1) is 8.78. The number of methoxy groups -OCH3 is 1. The number of ether oxygens (including phenoxy) is 1. The molecular formula is C15H25NO2. The molecule has 1 aliphatic rings. The van der Waals surface area contributed by atoms with Crippen molar-refractivity contribution in [2.75, 3.05) is 13.7 Å². The molecule has 1 saturated carbocycles. The minimum Gasteiger partial charge on any atom is -0.472 e. The largest absolute Gasteiger partial charge is 0.472 e. The van der Waals surface area contributed by atoms with Crippen molar-refractivity contribution in [3.8, 4) is 0 Å². The summed E-state index contributed by atoms with van der Waals surface area (Å²) in [6.07, 6.45) is 10.6. The summed E-state index contributed by atoms with van der Waals surface area (Å²) in [7, 11) is 1.86. The van der Waals surface area contributed by atoms with E-state index in [9.17, 15) is 0 Å². The zero-order chi connectivity index (χ0) is 12.8. The SMILES string of the molecule is CCCNC(Cc1ccoc1)CC1(OC)CCC1. The summed E-state index contributed by atoms with van der Waals surface area (Å²) in [5.41, 5.74) is 1.41. The number of furan rings is 1. The van der Waals surface area contributed by atoms with Crippen LogP contribution >= 0.6 is 0 Å². The van der Waals surface area contributed by atoms with Crippen molar-refractivity contribution >= 4 is 0 Å². The molecule has 1 fully saturated rings. The van der Waals surface area contributed by atoms with Crippen LogP contribution in [0.5, 0.6) is 0 Å². The van der Waals surface area contributed by atoms with Gasteiger partial charge in [-0.3, -0.25) is 0 Å². The molecule has 1 aromatic heterocycles. The molecule has 18 heavy (non-hydrogen) atoms. The number of hydrogen-bond acceptors (Lipinski definition) is 3. The Morgan fingerprint density at radius 3 is 2.83 bits per heavy atom. The van der Waals surface area contributed by atoms with Crippen molar-refractivity contribution in [2.24, 2.45) is 0 Å². The molecule has 0 spiro atoms. The predicted molar refractivity (Wildman–Crippen MR) is 72.7 cm³/mol. The highest BCUT2D eigenvalue weighted by atomic mass is 16.5. The fraction of sp³-hybridized carbons (Fsp3) is 0.733. The van der Waals surface area contributed by atoms with Gasteiger partial charge < -0.3 is 14.5 Å². The quantitative estimate of drug-likeness (QED) is 0.770. The Kier molecular flexibility index (Phi) is 4.84. The van der Waals surface area contributed by atoms with Crippen LogP contribution in [0.4, 0.5) is 0 Å². The zero-order valence-corrected chi connectivity index (χ0v) is 11.6. The smallest absolute Gasteiger partial charge is 0.0935 e. The number of rotatable bonds is 8. The predicted octanol–water partition coefficient (Wildman–Crippen LogP) is 3.15. The van der Waals surface area contributed by atoms with Crippen molar-refractivity contribution in [3.63, 3.8) is 0 Å². The van der Waals surface area contributed by atoms with E-state index in [4.69, 9.17) is 9.15 Å². The van der Waals surface area contributed by atoms with Gasteiger partial charge in [0.15, 0.2) is 0 Å². The van der Waals surface area contributed by atoms with E-state index in [1.807, 2.05) is 13.4 Å². The molecule has 0 amide bonds. The molecule has 0 saturated heterocycles. The summed E-state index contributed by atoms with van der Waals surface area (Å²) in [4.78, 5) is 0.